The summed E-state index contributed by atoms with van der Waals surface area (Å²) in [6.07, 6.45) is 3.60. The summed E-state index contributed by atoms with van der Waals surface area (Å²) in [5.74, 6) is 0.0100. The third-order valence-electron chi connectivity index (χ3n) is 3.94. The second-order valence-electron chi connectivity index (χ2n) is 5.22. The topological polar surface area (TPSA) is 34.1 Å². The van der Waals surface area contributed by atoms with Gasteiger partial charge in [0.2, 0.25) is 0 Å². The fourth-order valence-corrected chi connectivity index (χ4v) is 2.89. The molecule has 0 spiro atoms. The van der Waals surface area contributed by atoms with Gasteiger partial charge in [0.15, 0.2) is 5.78 Å². The van der Waals surface area contributed by atoms with E-state index in [0.717, 1.165) is 42.3 Å². The molecule has 2 nitrogen and oxygen atoms in total. The molecular formula is C19H16O2. The van der Waals surface area contributed by atoms with E-state index in [0.29, 0.717) is 11.1 Å². The van der Waals surface area contributed by atoms with Gasteiger partial charge in [0.25, 0.3) is 0 Å². The summed E-state index contributed by atoms with van der Waals surface area (Å²) in [7, 11) is 0. The summed E-state index contributed by atoms with van der Waals surface area (Å²) in [4.78, 5) is 23.9. The van der Waals surface area contributed by atoms with Crippen LogP contribution in [0.25, 0.3) is 5.57 Å². The van der Waals surface area contributed by atoms with E-state index in [4.69, 9.17) is 0 Å². The molecule has 0 saturated heterocycles. The van der Waals surface area contributed by atoms with Crippen LogP contribution in [0.1, 0.15) is 40.7 Å². The monoisotopic (exact) mass is 276 g/mol. The van der Waals surface area contributed by atoms with E-state index >= 15 is 0 Å². The van der Waals surface area contributed by atoms with Crippen LogP contribution in [0.3, 0.4) is 0 Å². The number of aldehydes is 1. The first-order valence-corrected chi connectivity index (χ1v) is 7.17. The normalized spacial score (nSPS) is 14.3. The molecule has 21 heavy (non-hydrogen) atoms. The highest BCUT2D eigenvalue weighted by atomic mass is 16.1. The molecule has 1 aliphatic rings. The van der Waals surface area contributed by atoms with Crippen molar-refractivity contribution in [1.29, 1.82) is 0 Å². The minimum atomic E-state index is 0.0100. The van der Waals surface area contributed by atoms with Crippen molar-refractivity contribution >= 4 is 17.6 Å². The van der Waals surface area contributed by atoms with Crippen molar-refractivity contribution in [3.63, 3.8) is 0 Å². The smallest absolute Gasteiger partial charge is 0.193 e. The first-order chi connectivity index (χ1) is 10.3. The van der Waals surface area contributed by atoms with Crippen LogP contribution < -0.4 is 0 Å². The van der Waals surface area contributed by atoms with Gasteiger partial charge in [-0.3, -0.25) is 9.59 Å². The van der Waals surface area contributed by atoms with E-state index in [1.807, 2.05) is 54.6 Å². The van der Waals surface area contributed by atoms with Crippen molar-refractivity contribution in [2.45, 2.75) is 19.3 Å². The Morgan fingerprint density at radius 2 is 1.62 bits per heavy atom. The Labute approximate surface area is 124 Å². The van der Waals surface area contributed by atoms with Gasteiger partial charge in [0.1, 0.15) is 6.29 Å². The molecule has 0 amide bonds. The molecule has 0 aliphatic heterocycles. The number of ketones is 1. The van der Waals surface area contributed by atoms with Gasteiger partial charge in [0, 0.05) is 11.1 Å². The standard InChI is InChI=1S/C19H16O2/c20-13-15-9-6-12-16(15)17-10-4-5-11-18(17)19(21)14-7-2-1-3-8-14/h1-5,7-8,10-11,13H,6,9,12H2. The lowest BCUT2D eigenvalue weighted by atomic mass is 9.92. The summed E-state index contributed by atoms with van der Waals surface area (Å²) in [5, 5.41) is 0. The van der Waals surface area contributed by atoms with Gasteiger partial charge in [-0.15, -0.1) is 0 Å². The quantitative estimate of drug-likeness (QED) is 0.623. The largest absolute Gasteiger partial charge is 0.298 e. The van der Waals surface area contributed by atoms with Gasteiger partial charge in [-0.25, -0.2) is 0 Å². The predicted molar refractivity (Wildman–Crippen MR) is 83.2 cm³/mol. The molecule has 0 bridgehead atoms. The van der Waals surface area contributed by atoms with Crippen molar-refractivity contribution in [2.24, 2.45) is 0 Å². The molecule has 2 aromatic carbocycles. The minimum absolute atomic E-state index is 0.0100. The average molecular weight is 276 g/mol. The molecule has 1 aliphatic carbocycles. The van der Waals surface area contributed by atoms with Crippen molar-refractivity contribution in [3.05, 3.63) is 76.9 Å². The van der Waals surface area contributed by atoms with Gasteiger partial charge < -0.3 is 0 Å². The highest BCUT2D eigenvalue weighted by Gasteiger charge is 2.21. The Morgan fingerprint density at radius 3 is 2.38 bits per heavy atom. The number of hydrogen-bond acceptors (Lipinski definition) is 2. The lowest BCUT2D eigenvalue weighted by molar-refractivity contribution is -0.104. The Kier molecular flexibility index (Phi) is 3.78. The second-order valence-corrected chi connectivity index (χ2v) is 5.22. The van der Waals surface area contributed by atoms with Gasteiger partial charge in [-0.2, -0.15) is 0 Å². The average Bonchev–Trinajstić information content (AvgIpc) is 3.03. The zero-order chi connectivity index (χ0) is 14.7. The summed E-state index contributed by atoms with van der Waals surface area (Å²) in [6, 6.07) is 16.8. The molecule has 0 unspecified atom stereocenters. The molecule has 3 rings (SSSR count). The molecule has 0 atom stereocenters. The zero-order valence-electron chi connectivity index (χ0n) is 11.7. The number of rotatable bonds is 4. The molecule has 104 valence electrons. The minimum Gasteiger partial charge on any atom is -0.298 e. The van der Waals surface area contributed by atoms with Gasteiger partial charge in [-0.05, 0) is 36.0 Å². The summed E-state index contributed by atoms with van der Waals surface area (Å²) < 4.78 is 0. The molecule has 0 saturated carbocycles. The maximum atomic E-state index is 12.7. The first kappa shape index (κ1) is 13.5. The summed E-state index contributed by atoms with van der Waals surface area (Å²) >= 11 is 0. The maximum absolute atomic E-state index is 12.7. The molecular weight excluding hydrogens is 260 g/mol. The number of hydrogen-bond donors (Lipinski definition) is 0. The highest BCUT2D eigenvalue weighted by Crippen LogP contribution is 2.35. The Balaban J connectivity index is 2.09. The SMILES string of the molecule is O=CC1=C(c2ccccc2C(=O)c2ccccc2)CCC1. The number of carbonyl (C=O) groups is 2. The Morgan fingerprint density at radius 1 is 0.905 bits per heavy atom. The molecule has 2 heteroatoms. The van der Waals surface area contributed by atoms with Crippen LogP contribution in [0, 0.1) is 0 Å². The van der Waals surface area contributed by atoms with Crippen LogP contribution in [0.4, 0.5) is 0 Å². The van der Waals surface area contributed by atoms with E-state index in [1.54, 1.807) is 0 Å². The van der Waals surface area contributed by atoms with Gasteiger partial charge in [-0.1, -0.05) is 54.6 Å². The third-order valence-corrected chi connectivity index (χ3v) is 3.94. The molecule has 0 heterocycles. The zero-order valence-corrected chi connectivity index (χ0v) is 11.7. The van der Waals surface area contributed by atoms with Crippen LogP contribution in [-0.2, 0) is 4.79 Å². The van der Waals surface area contributed by atoms with E-state index in [1.165, 1.54) is 0 Å². The van der Waals surface area contributed by atoms with Crippen LogP contribution >= 0.6 is 0 Å². The van der Waals surface area contributed by atoms with Crippen molar-refractivity contribution in [1.82, 2.24) is 0 Å². The molecule has 0 N–H and O–H groups in total. The third kappa shape index (κ3) is 2.57. The molecule has 0 aromatic heterocycles. The van der Waals surface area contributed by atoms with Crippen LogP contribution in [0.15, 0.2) is 60.2 Å². The van der Waals surface area contributed by atoms with Crippen LogP contribution in [-0.4, -0.2) is 12.1 Å². The fourth-order valence-electron chi connectivity index (χ4n) is 2.89. The maximum Gasteiger partial charge on any atom is 0.193 e. The highest BCUT2D eigenvalue weighted by molar-refractivity contribution is 6.12. The summed E-state index contributed by atoms with van der Waals surface area (Å²) in [5.41, 5.74) is 4.13. The lowest BCUT2D eigenvalue weighted by Crippen LogP contribution is -2.05. The van der Waals surface area contributed by atoms with E-state index in [9.17, 15) is 9.59 Å². The van der Waals surface area contributed by atoms with Gasteiger partial charge >= 0.3 is 0 Å². The van der Waals surface area contributed by atoms with Crippen LogP contribution in [0.2, 0.25) is 0 Å². The fraction of sp³-hybridized carbons (Fsp3) is 0.158. The number of benzene rings is 2. The van der Waals surface area contributed by atoms with E-state index in [-0.39, 0.29) is 5.78 Å². The number of carbonyl (C=O) groups excluding carboxylic acids is 2. The molecule has 2 aromatic rings. The van der Waals surface area contributed by atoms with Gasteiger partial charge in [0.05, 0.1) is 0 Å². The van der Waals surface area contributed by atoms with Crippen molar-refractivity contribution < 1.29 is 9.59 Å². The first-order valence-electron chi connectivity index (χ1n) is 7.17. The Hall–Kier alpha value is -2.48. The predicted octanol–water partition coefficient (Wildman–Crippen LogP) is 4.05. The van der Waals surface area contributed by atoms with Crippen LogP contribution in [0.5, 0.6) is 0 Å². The van der Waals surface area contributed by atoms with Crippen molar-refractivity contribution in [3.8, 4) is 0 Å². The molecule has 0 radical (unpaired) electrons. The Bertz CT molecular complexity index is 711. The summed E-state index contributed by atoms with van der Waals surface area (Å²) in [6.45, 7) is 0. The lowest BCUT2D eigenvalue weighted by Gasteiger charge is -2.10. The molecule has 0 fully saturated rings. The second kappa shape index (κ2) is 5.88. The van der Waals surface area contributed by atoms with E-state index < -0.39 is 0 Å². The number of allylic oxidation sites excluding steroid dienone is 2. The van der Waals surface area contributed by atoms with E-state index in [2.05, 4.69) is 0 Å². The van der Waals surface area contributed by atoms with Crippen molar-refractivity contribution in [2.75, 3.05) is 0 Å².